The van der Waals surface area contributed by atoms with E-state index in [2.05, 4.69) is 4.98 Å². The smallest absolute Gasteiger partial charge is 0.258 e. The Morgan fingerprint density at radius 3 is 2.52 bits per heavy atom. The van der Waals surface area contributed by atoms with Crippen LogP contribution in [0.25, 0.3) is 11.1 Å². The number of ketones is 1. The third-order valence-electron chi connectivity index (χ3n) is 4.48. The van der Waals surface area contributed by atoms with E-state index >= 15 is 0 Å². The molecule has 6 nitrogen and oxygen atoms in total. The van der Waals surface area contributed by atoms with Crippen LogP contribution in [0.15, 0.2) is 29.2 Å². The number of H-pyrrole nitrogens is 1. The summed E-state index contributed by atoms with van der Waals surface area (Å²) in [5.41, 5.74) is -0.701. The molecule has 1 aromatic heterocycles. The van der Waals surface area contributed by atoms with Gasteiger partial charge in [-0.05, 0) is 35.6 Å². The van der Waals surface area contributed by atoms with Crippen molar-refractivity contribution in [1.29, 1.82) is 0 Å². The number of aromatic hydroxyl groups is 2. The van der Waals surface area contributed by atoms with Crippen molar-refractivity contribution in [3.8, 4) is 28.4 Å². The van der Waals surface area contributed by atoms with Crippen LogP contribution in [0, 0.1) is 11.8 Å². The summed E-state index contributed by atoms with van der Waals surface area (Å²) in [6.45, 7) is 5.75. The van der Waals surface area contributed by atoms with Gasteiger partial charge in [-0.1, -0.05) is 39.0 Å². The number of aromatic nitrogens is 1. The van der Waals surface area contributed by atoms with E-state index in [4.69, 9.17) is 0 Å². The number of carbonyl (C=O) groups is 1. The predicted octanol–water partition coefficient (Wildman–Crippen LogP) is 2.78. The van der Waals surface area contributed by atoms with E-state index in [1.807, 2.05) is 13.8 Å². The molecule has 2 atom stereocenters. The summed E-state index contributed by atoms with van der Waals surface area (Å²) in [4.78, 5) is 27.1. The second-order valence-corrected chi connectivity index (χ2v) is 6.45. The number of hydrogen-bond acceptors (Lipinski definition) is 5. The first-order valence-corrected chi connectivity index (χ1v) is 8.25. The van der Waals surface area contributed by atoms with Crippen LogP contribution in [0.5, 0.6) is 17.2 Å². The van der Waals surface area contributed by atoms with Crippen molar-refractivity contribution in [1.82, 2.24) is 4.98 Å². The molecular weight excluding hydrogens is 322 g/mol. The number of aromatic amines is 1. The number of Topliss-reactive ketones (excluding diaryl/α,β-unsaturated/α-hetero) is 1. The van der Waals surface area contributed by atoms with Crippen molar-refractivity contribution in [2.75, 3.05) is 0 Å². The fourth-order valence-corrected chi connectivity index (χ4v) is 2.77. The molecule has 25 heavy (non-hydrogen) atoms. The summed E-state index contributed by atoms with van der Waals surface area (Å²) >= 11 is 0. The average Bonchev–Trinajstić information content (AvgIpc) is 2.57. The zero-order valence-corrected chi connectivity index (χ0v) is 14.5. The van der Waals surface area contributed by atoms with Crippen molar-refractivity contribution >= 4 is 5.78 Å². The Bertz CT molecular complexity index is 840. The summed E-state index contributed by atoms with van der Waals surface area (Å²) in [5, 5.41) is 31.7. The van der Waals surface area contributed by atoms with Gasteiger partial charge < -0.3 is 20.3 Å². The maximum Gasteiger partial charge on any atom is 0.258 e. The fourth-order valence-electron chi connectivity index (χ4n) is 2.77. The highest BCUT2D eigenvalue weighted by atomic mass is 16.3. The van der Waals surface area contributed by atoms with Crippen molar-refractivity contribution < 1.29 is 20.1 Å². The summed E-state index contributed by atoms with van der Waals surface area (Å²) in [7, 11) is 0. The van der Waals surface area contributed by atoms with Crippen molar-refractivity contribution in [3.63, 3.8) is 0 Å². The normalized spacial score (nSPS) is 13.4. The highest BCUT2D eigenvalue weighted by Gasteiger charge is 2.22. The third kappa shape index (κ3) is 3.84. The minimum absolute atomic E-state index is 0.0917. The van der Waals surface area contributed by atoms with Crippen LogP contribution in [-0.2, 0) is 0 Å². The number of hydrogen-bond donors (Lipinski definition) is 3. The Kier molecular flexibility index (Phi) is 5.51. The average molecular weight is 344 g/mol. The van der Waals surface area contributed by atoms with Crippen LogP contribution in [0.2, 0.25) is 0 Å². The molecule has 0 saturated heterocycles. The van der Waals surface area contributed by atoms with Crippen molar-refractivity contribution in [3.05, 3.63) is 40.3 Å². The summed E-state index contributed by atoms with van der Waals surface area (Å²) in [6.07, 6.45) is 2.72. The van der Waals surface area contributed by atoms with Crippen LogP contribution < -0.4 is 10.7 Å². The maximum absolute atomic E-state index is 12.7. The number of benzene rings is 1. The van der Waals surface area contributed by atoms with E-state index in [1.165, 1.54) is 24.4 Å². The van der Waals surface area contributed by atoms with E-state index in [0.717, 1.165) is 6.42 Å². The van der Waals surface area contributed by atoms with Crippen LogP contribution in [0.1, 0.15) is 44.0 Å². The predicted molar refractivity (Wildman–Crippen MR) is 92.8 cm³/mol. The lowest BCUT2D eigenvalue weighted by molar-refractivity contribution is -0.267. The van der Waals surface area contributed by atoms with Gasteiger partial charge in [0, 0.05) is 12.1 Å². The Hall–Kier alpha value is -2.76. The zero-order chi connectivity index (χ0) is 18.7. The van der Waals surface area contributed by atoms with Gasteiger partial charge >= 0.3 is 0 Å². The Morgan fingerprint density at radius 2 is 1.92 bits per heavy atom. The summed E-state index contributed by atoms with van der Waals surface area (Å²) < 4.78 is 0. The molecule has 0 fully saturated rings. The molecule has 0 aliphatic heterocycles. The van der Waals surface area contributed by atoms with E-state index < -0.39 is 23.0 Å². The third-order valence-corrected chi connectivity index (χ3v) is 4.48. The highest BCUT2D eigenvalue weighted by Crippen LogP contribution is 2.34. The summed E-state index contributed by atoms with van der Waals surface area (Å²) in [5.74, 6) is -1.98. The molecule has 1 aromatic carbocycles. The van der Waals surface area contributed by atoms with Gasteiger partial charge in [0.1, 0.15) is 0 Å². The van der Waals surface area contributed by atoms with Crippen LogP contribution in [-0.4, -0.2) is 21.0 Å². The van der Waals surface area contributed by atoms with Crippen LogP contribution in [0.4, 0.5) is 0 Å². The Morgan fingerprint density at radius 1 is 1.24 bits per heavy atom. The molecule has 0 aliphatic carbocycles. The van der Waals surface area contributed by atoms with Gasteiger partial charge in [0.2, 0.25) is 0 Å². The van der Waals surface area contributed by atoms with Gasteiger partial charge in [0.25, 0.3) is 5.56 Å². The van der Waals surface area contributed by atoms with Crippen LogP contribution in [0.3, 0.4) is 0 Å². The molecule has 0 amide bonds. The monoisotopic (exact) mass is 344 g/mol. The van der Waals surface area contributed by atoms with Gasteiger partial charge in [0.15, 0.2) is 17.3 Å². The fraction of sp³-hybridized carbons (Fsp3) is 0.368. The van der Waals surface area contributed by atoms with Crippen molar-refractivity contribution in [2.45, 2.75) is 33.6 Å². The van der Waals surface area contributed by atoms with E-state index in [0.29, 0.717) is 17.9 Å². The molecule has 2 rings (SSSR count). The van der Waals surface area contributed by atoms with E-state index in [9.17, 15) is 24.9 Å². The molecule has 6 heteroatoms. The number of phenolic OH excluding ortho intramolecular Hbond substituents is 2. The second-order valence-electron chi connectivity index (χ2n) is 6.45. The minimum atomic E-state index is -0.710. The van der Waals surface area contributed by atoms with Gasteiger partial charge in [0.05, 0.1) is 5.56 Å². The Labute approximate surface area is 145 Å². The summed E-state index contributed by atoms with van der Waals surface area (Å²) in [6, 6.07) is 3.88. The molecule has 0 radical (unpaired) electrons. The lowest BCUT2D eigenvalue weighted by atomic mass is 9.88. The van der Waals surface area contributed by atoms with Gasteiger partial charge in [-0.15, -0.1) is 0 Å². The zero-order valence-electron chi connectivity index (χ0n) is 14.5. The lowest BCUT2D eigenvalue weighted by Gasteiger charge is -2.21. The van der Waals surface area contributed by atoms with Crippen molar-refractivity contribution in [2.24, 2.45) is 11.8 Å². The first kappa shape index (κ1) is 18.6. The molecule has 3 N–H and O–H groups in total. The highest BCUT2D eigenvalue weighted by molar-refractivity contribution is 6.01. The first-order valence-electron chi connectivity index (χ1n) is 8.25. The number of phenols is 2. The molecule has 2 aromatic rings. The van der Waals surface area contributed by atoms with Gasteiger partial charge in [-0.25, -0.2) is 0 Å². The molecule has 0 unspecified atom stereocenters. The van der Waals surface area contributed by atoms with E-state index in [1.54, 1.807) is 6.92 Å². The van der Waals surface area contributed by atoms with Gasteiger partial charge in [-0.3, -0.25) is 9.59 Å². The van der Waals surface area contributed by atoms with Crippen LogP contribution >= 0.6 is 0 Å². The Balaban J connectivity index is 2.48. The quantitative estimate of drug-likeness (QED) is 0.551. The SMILES string of the molecule is CC[C@H](C)C[C@H](C)C(=O)c1c([O-])c(-c2ccc(O)c(O)c2)c[nH]c1=O. The number of pyridine rings is 1. The molecule has 0 spiro atoms. The number of rotatable bonds is 6. The largest absolute Gasteiger partial charge is 0.871 e. The number of nitrogens with one attached hydrogen (secondary N) is 1. The topological polar surface area (TPSA) is 113 Å². The second kappa shape index (κ2) is 7.42. The molecule has 1 heterocycles. The van der Waals surface area contributed by atoms with Gasteiger partial charge in [-0.2, -0.15) is 0 Å². The standard InChI is InChI=1S/C19H23NO5/c1-4-10(2)7-11(3)17(23)16-18(24)13(9-20-19(16)25)12-5-6-14(21)15(22)8-12/h5-6,8-11,21-22H,4,7H2,1-3H3,(H2,20,24,25)/p-1/t10-,11-/m0/s1. The maximum atomic E-state index is 12.7. The molecule has 0 aliphatic rings. The molecular formula is C19H22NO5-. The lowest BCUT2D eigenvalue weighted by Crippen LogP contribution is -2.26. The molecule has 0 saturated carbocycles. The number of carbonyl (C=O) groups excluding carboxylic acids is 1. The molecule has 0 bridgehead atoms. The first-order chi connectivity index (χ1) is 11.8. The molecule has 134 valence electrons. The van der Waals surface area contributed by atoms with E-state index in [-0.39, 0.29) is 22.6 Å². The minimum Gasteiger partial charge on any atom is -0.871 e.